The average molecular weight is 243 g/mol. The van der Waals surface area contributed by atoms with Crippen molar-refractivity contribution in [2.75, 3.05) is 0 Å². The molecule has 0 amide bonds. The minimum absolute atomic E-state index is 0.468. The van der Waals surface area contributed by atoms with Gasteiger partial charge >= 0.3 is 0 Å². The fourth-order valence-corrected chi connectivity index (χ4v) is 3.72. The van der Waals surface area contributed by atoms with Gasteiger partial charge in [-0.25, -0.2) is 0 Å². The van der Waals surface area contributed by atoms with E-state index in [9.17, 15) is 0 Å². The highest BCUT2D eigenvalue weighted by Gasteiger charge is 2.28. The molecular formula is C15H17NS. The highest BCUT2D eigenvalue weighted by molar-refractivity contribution is 7.13. The lowest BCUT2D eigenvalue weighted by molar-refractivity contribution is 0.316. The first-order valence-corrected chi connectivity index (χ1v) is 7.04. The smallest absolute Gasteiger partial charge is 0.0804 e. The Labute approximate surface area is 107 Å². The molecule has 0 unspecified atom stereocenters. The van der Waals surface area contributed by atoms with Gasteiger partial charge in [0.1, 0.15) is 0 Å². The number of aromatic nitrogens is 1. The number of nitrogens with zero attached hydrogens (tertiary/aromatic N) is 1. The second kappa shape index (κ2) is 3.95. The molecule has 0 spiro atoms. The van der Waals surface area contributed by atoms with Gasteiger partial charge in [-0.1, -0.05) is 19.9 Å². The van der Waals surface area contributed by atoms with Crippen LogP contribution in [0.1, 0.15) is 31.4 Å². The van der Waals surface area contributed by atoms with Crippen LogP contribution in [0.4, 0.5) is 0 Å². The Morgan fingerprint density at radius 3 is 2.94 bits per heavy atom. The monoisotopic (exact) mass is 243 g/mol. The SMILES string of the molecule is CC1(C)CCc2c(csc2-c2ccccn2)C1. The predicted octanol–water partition coefficient (Wildman–Crippen LogP) is 4.33. The van der Waals surface area contributed by atoms with E-state index in [0.29, 0.717) is 5.41 Å². The first kappa shape index (κ1) is 11.0. The van der Waals surface area contributed by atoms with E-state index in [1.165, 1.54) is 24.1 Å². The molecule has 3 rings (SSSR count). The molecule has 0 N–H and O–H groups in total. The summed E-state index contributed by atoms with van der Waals surface area (Å²) in [6.07, 6.45) is 5.59. The van der Waals surface area contributed by atoms with E-state index in [4.69, 9.17) is 0 Å². The summed E-state index contributed by atoms with van der Waals surface area (Å²) >= 11 is 1.86. The molecule has 2 heteroatoms. The summed E-state index contributed by atoms with van der Waals surface area (Å²) in [4.78, 5) is 5.86. The molecule has 0 saturated carbocycles. The largest absolute Gasteiger partial charge is 0.255 e. The normalized spacial score (nSPS) is 17.8. The van der Waals surface area contributed by atoms with Crippen molar-refractivity contribution in [2.24, 2.45) is 5.41 Å². The van der Waals surface area contributed by atoms with Crippen molar-refractivity contribution in [2.45, 2.75) is 33.1 Å². The van der Waals surface area contributed by atoms with E-state index in [1.54, 1.807) is 11.1 Å². The first-order chi connectivity index (χ1) is 8.16. The Kier molecular flexibility index (Phi) is 2.55. The van der Waals surface area contributed by atoms with E-state index in [1.807, 2.05) is 23.6 Å². The molecular weight excluding hydrogens is 226 g/mol. The summed E-state index contributed by atoms with van der Waals surface area (Å²) in [5.74, 6) is 0. The maximum absolute atomic E-state index is 4.48. The molecule has 88 valence electrons. The Morgan fingerprint density at radius 2 is 2.18 bits per heavy atom. The standard InChI is InChI=1S/C15H17NS/c1-15(2)7-6-12-11(9-15)10-17-14(12)13-5-3-4-8-16-13/h3-5,8,10H,6-7,9H2,1-2H3. The van der Waals surface area contributed by atoms with Gasteiger partial charge in [0, 0.05) is 6.20 Å². The summed E-state index contributed by atoms with van der Waals surface area (Å²) in [5, 5.41) is 2.33. The minimum atomic E-state index is 0.468. The van der Waals surface area contributed by atoms with Crippen LogP contribution >= 0.6 is 11.3 Å². The number of thiophene rings is 1. The van der Waals surface area contributed by atoms with Crippen LogP contribution in [0.25, 0.3) is 10.6 Å². The third kappa shape index (κ3) is 2.02. The van der Waals surface area contributed by atoms with Crippen LogP contribution in [0.2, 0.25) is 0 Å². The third-order valence-electron chi connectivity index (χ3n) is 3.60. The van der Waals surface area contributed by atoms with Gasteiger partial charge in [0.25, 0.3) is 0 Å². The Balaban J connectivity index is 2.03. The molecule has 0 aromatic carbocycles. The van der Waals surface area contributed by atoms with Crippen molar-refractivity contribution < 1.29 is 0 Å². The summed E-state index contributed by atoms with van der Waals surface area (Å²) < 4.78 is 0. The molecule has 2 aromatic heterocycles. The van der Waals surface area contributed by atoms with Crippen LogP contribution in [0, 0.1) is 5.41 Å². The molecule has 0 fully saturated rings. The Bertz CT molecular complexity index is 525. The number of rotatable bonds is 1. The topological polar surface area (TPSA) is 12.9 Å². The van der Waals surface area contributed by atoms with Gasteiger partial charge < -0.3 is 0 Å². The van der Waals surface area contributed by atoms with Gasteiger partial charge in [-0.2, -0.15) is 0 Å². The molecule has 0 saturated heterocycles. The lowest BCUT2D eigenvalue weighted by Gasteiger charge is -2.29. The maximum Gasteiger partial charge on any atom is 0.0804 e. The molecule has 1 nitrogen and oxygen atoms in total. The van der Waals surface area contributed by atoms with Crippen LogP contribution in [-0.4, -0.2) is 4.98 Å². The second-order valence-electron chi connectivity index (χ2n) is 5.62. The zero-order valence-electron chi connectivity index (χ0n) is 10.4. The van der Waals surface area contributed by atoms with Crippen molar-refractivity contribution in [3.8, 4) is 10.6 Å². The third-order valence-corrected chi connectivity index (χ3v) is 4.69. The molecule has 0 atom stereocenters. The number of hydrogen-bond acceptors (Lipinski definition) is 2. The fourth-order valence-electron chi connectivity index (χ4n) is 2.62. The van der Waals surface area contributed by atoms with E-state index in [0.717, 1.165) is 5.69 Å². The zero-order chi connectivity index (χ0) is 11.9. The molecule has 1 aliphatic carbocycles. The average Bonchev–Trinajstić information content (AvgIpc) is 2.71. The van der Waals surface area contributed by atoms with Crippen molar-refractivity contribution in [1.82, 2.24) is 4.98 Å². The summed E-state index contributed by atoms with van der Waals surface area (Å²) in [6.45, 7) is 4.74. The summed E-state index contributed by atoms with van der Waals surface area (Å²) in [5.41, 5.74) is 4.70. The minimum Gasteiger partial charge on any atom is -0.255 e. The number of fused-ring (bicyclic) bond motifs is 1. The lowest BCUT2D eigenvalue weighted by atomic mass is 9.75. The highest BCUT2D eigenvalue weighted by atomic mass is 32.1. The van der Waals surface area contributed by atoms with E-state index >= 15 is 0 Å². The highest BCUT2D eigenvalue weighted by Crippen LogP contribution is 2.41. The predicted molar refractivity (Wildman–Crippen MR) is 73.4 cm³/mol. The van der Waals surface area contributed by atoms with Gasteiger partial charge in [-0.15, -0.1) is 11.3 Å². The van der Waals surface area contributed by atoms with Crippen molar-refractivity contribution in [3.05, 3.63) is 40.9 Å². The second-order valence-corrected chi connectivity index (χ2v) is 6.50. The molecule has 0 radical (unpaired) electrons. The maximum atomic E-state index is 4.48. The van der Waals surface area contributed by atoms with Crippen molar-refractivity contribution in [3.63, 3.8) is 0 Å². The van der Waals surface area contributed by atoms with Gasteiger partial charge in [0.2, 0.25) is 0 Å². The first-order valence-electron chi connectivity index (χ1n) is 6.16. The molecule has 0 bridgehead atoms. The van der Waals surface area contributed by atoms with Gasteiger partial charge in [0.05, 0.1) is 10.6 Å². The van der Waals surface area contributed by atoms with Gasteiger partial charge in [-0.3, -0.25) is 4.98 Å². The van der Waals surface area contributed by atoms with Gasteiger partial charge in [-0.05, 0) is 53.3 Å². The van der Waals surface area contributed by atoms with E-state index in [2.05, 4.69) is 36.3 Å². The molecule has 1 aliphatic rings. The van der Waals surface area contributed by atoms with Crippen molar-refractivity contribution >= 4 is 11.3 Å². The zero-order valence-corrected chi connectivity index (χ0v) is 11.2. The lowest BCUT2D eigenvalue weighted by Crippen LogP contribution is -2.21. The Morgan fingerprint density at radius 1 is 1.29 bits per heavy atom. The van der Waals surface area contributed by atoms with E-state index < -0.39 is 0 Å². The van der Waals surface area contributed by atoms with Crippen LogP contribution < -0.4 is 0 Å². The van der Waals surface area contributed by atoms with E-state index in [-0.39, 0.29) is 0 Å². The van der Waals surface area contributed by atoms with Gasteiger partial charge in [0.15, 0.2) is 0 Å². The van der Waals surface area contributed by atoms with Crippen LogP contribution in [-0.2, 0) is 12.8 Å². The Hall–Kier alpha value is -1.15. The van der Waals surface area contributed by atoms with Crippen LogP contribution in [0.5, 0.6) is 0 Å². The molecule has 0 aliphatic heterocycles. The van der Waals surface area contributed by atoms with Crippen LogP contribution in [0.15, 0.2) is 29.8 Å². The molecule has 17 heavy (non-hydrogen) atoms. The number of pyridine rings is 1. The molecule has 2 heterocycles. The molecule has 2 aromatic rings. The quantitative estimate of drug-likeness (QED) is 0.726. The fraction of sp³-hybridized carbons (Fsp3) is 0.400. The summed E-state index contributed by atoms with van der Waals surface area (Å²) in [7, 11) is 0. The van der Waals surface area contributed by atoms with Crippen molar-refractivity contribution in [1.29, 1.82) is 0 Å². The number of hydrogen-bond donors (Lipinski definition) is 0. The summed E-state index contributed by atoms with van der Waals surface area (Å²) in [6, 6.07) is 6.17. The van der Waals surface area contributed by atoms with Crippen LogP contribution in [0.3, 0.4) is 0 Å².